The van der Waals surface area contributed by atoms with Crippen LogP contribution in [0.3, 0.4) is 0 Å². The van der Waals surface area contributed by atoms with Gasteiger partial charge in [-0.25, -0.2) is 4.79 Å². The maximum Gasteiger partial charge on any atom is 0.330 e. The molecule has 0 spiro atoms. The van der Waals surface area contributed by atoms with Gasteiger partial charge >= 0.3 is 5.97 Å². The topological polar surface area (TPSA) is 66.4 Å². The lowest BCUT2D eigenvalue weighted by Gasteiger charge is -2.27. The fourth-order valence-corrected chi connectivity index (χ4v) is 3.58. The number of amides is 1. The Bertz CT molecular complexity index is 348. The number of carboxylic acids is 1. The third-order valence-electron chi connectivity index (χ3n) is 3.43. The molecule has 1 fully saturated rings. The molecular weight excluding hydrogens is 238 g/mol. The van der Waals surface area contributed by atoms with Crippen LogP contribution in [0.25, 0.3) is 0 Å². The molecule has 0 radical (unpaired) electrons. The molecule has 0 unspecified atom stereocenters. The van der Waals surface area contributed by atoms with E-state index in [2.05, 4.69) is 11.4 Å². The number of carbonyl (C=O) groups is 2. The monoisotopic (exact) mass is 255 g/mol. The van der Waals surface area contributed by atoms with Crippen molar-refractivity contribution in [1.29, 1.82) is 0 Å². The highest BCUT2D eigenvalue weighted by atomic mass is 32.2. The first-order valence-electron chi connectivity index (χ1n) is 5.92. The first kappa shape index (κ1) is 12.5. The van der Waals surface area contributed by atoms with Crippen LogP contribution in [0.15, 0.2) is 12.2 Å². The Morgan fingerprint density at radius 3 is 2.76 bits per heavy atom. The highest BCUT2D eigenvalue weighted by molar-refractivity contribution is 7.99. The van der Waals surface area contributed by atoms with Crippen molar-refractivity contribution in [3.63, 3.8) is 0 Å². The van der Waals surface area contributed by atoms with E-state index in [-0.39, 0.29) is 11.8 Å². The third kappa shape index (κ3) is 2.65. The van der Waals surface area contributed by atoms with E-state index in [1.165, 1.54) is 0 Å². The predicted molar refractivity (Wildman–Crippen MR) is 66.9 cm³/mol. The maximum absolute atomic E-state index is 12.0. The standard InChI is InChI=1S/C12H17NO3S/c14-10(9-4-2-1-3-5-9)13-12(11(15)16)6-7-17-8-12/h1-2,9H,3-8H2,(H,13,14)(H,15,16)/t9-,12-/m1/s1. The first-order chi connectivity index (χ1) is 8.14. The normalized spacial score (nSPS) is 32.4. The van der Waals surface area contributed by atoms with Crippen molar-refractivity contribution in [3.8, 4) is 0 Å². The number of carbonyl (C=O) groups excluding carboxylic acids is 1. The van der Waals surface area contributed by atoms with E-state index < -0.39 is 11.5 Å². The summed E-state index contributed by atoms with van der Waals surface area (Å²) in [4.78, 5) is 23.3. The minimum atomic E-state index is -1.02. The molecule has 17 heavy (non-hydrogen) atoms. The number of thioether (sulfide) groups is 1. The van der Waals surface area contributed by atoms with Gasteiger partial charge in [0.1, 0.15) is 5.54 Å². The largest absolute Gasteiger partial charge is 0.479 e. The molecule has 1 aliphatic heterocycles. The van der Waals surface area contributed by atoms with E-state index >= 15 is 0 Å². The molecule has 1 aliphatic carbocycles. The van der Waals surface area contributed by atoms with E-state index in [0.29, 0.717) is 12.2 Å². The van der Waals surface area contributed by atoms with Crippen molar-refractivity contribution >= 4 is 23.6 Å². The molecule has 5 heteroatoms. The van der Waals surface area contributed by atoms with E-state index in [4.69, 9.17) is 0 Å². The van der Waals surface area contributed by atoms with Crippen molar-refractivity contribution in [3.05, 3.63) is 12.2 Å². The number of nitrogens with one attached hydrogen (secondary N) is 1. The number of carboxylic acid groups (broad SMARTS) is 1. The summed E-state index contributed by atoms with van der Waals surface area (Å²) in [5.41, 5.74) is -1.02. The van der Waals surface area contributed by atoms with Crippen LogP contribution in [0.1, 0.15) is 25.7 Å². The highest BCUT2D eigenvalue weighted by Gasteiger charge is 2.44. The van der Waals surface area contributed by atoms with Crippen LogP contribution in [-0.2, 0) is 9.59 Å². The summed E-state index contributed by atoms with van der Waals surface area (Å²) in [5, 5.41) is 12.0. The van der Waals surface area contributed by atoms with Gasteiger partial charge in [-0.1, -0.05) is 12.2 Å². The van der Waals surface area contributed by atoms with E-state index in [1.807, 2.05) is 6.08 Å². The van der Waals surface area contributed by atoms with Gasteiger partial charge in [-0.05, 0) is 31.4 Å². The Kier molecular flexibility index (Phi) is 3.76. The van der Waals surface area contributed by atoms with Crippen LogP contribution in [0, 0.1) is 5.92 Å². The zero-order valence-electron chi connectivity index (χ0n) is 9.65. The lowest BCUT2D eigenvalue weighted by atomic mass is 9.91. The van der Waals surface area contributed by atoms with Gasteiger partial charge in [-0.3, -0.25) is 4.79 Å². The molecule has 2 rings (SSSR count). The van der Waals surface area contributed by atoms with Crippen LogP contribution in [0.4, 0.5) is 0 Å². The summed E-state index contributed by atoms with van der Waals surface area (Å²) in [6, 6.07) is 0. The summed E-state index contributed by atoms with van der Waals surface area (Å²) in [7, 11) is 0. The predicted octanol–water partition coefficient (Wildman–Crippen LogP) is 1.42. The second kappa shape index (κ2) is 5.12. The van der Waals surface area contributed by atoms with Gasteiger partial charge < -0.3 is 10.4 Å². The molecule has 0 aromatic carbocycles. The molecule has 2 aliphatic rings. The minimum Gasteiger partial charge on any atom is -0.479 e. The average Bonchev–Trinajstić information content (AvgIpc) is 2.80. The van der Waals surface area contributed by atoms with Crippen molar-refractivity contribution in [2.75, 3.05) is 11.5 Å². The van der Waals surface area contributed by atoms with Crippen molar-refractivity contribution in [2.24, 2.45) is 5.92 Å². The van der Waals surface area contributed by atoms with Crippen LogP contribution in [0.5, 0.6) is 0 Å². The summed E-state index contributed by atoms with van der Waals surface area (Å²) < 4.78 is 0. The molecular formula is C12H17NO3S. The Morgan fingerprint density at radius 2 is 2.24 bits per heavy atom. The lowest BCUT2D eigenvalue weighted by molar-refractivity contribution is -0.147. The highest BCUT2D eigenvalue weighted by Crippen LogP contribution is 2.29. The molecule has 1 amide bonds. The zero-order chi connectivity index (χ0) is 12.3. The molecule has 4 nitrogen and oxygen atoms in total. The fraction of sp³-hybridized carbons (Fsp3) is 0.667. The summed E-state index contributed by atoms with van der Waals surface area (Å²) in [5.74, 6) is 0.233. The van der Waals surface area contributed by atoms with Gasteiger partial charge in [-0.15, -0.1) is 0 Å². The van der Waals surface area contributed by atoms with Crippen LogP contribution in [0.2, 0.25) is 0 Å². The van der Waals surface area contributed by atoms with E-state index in [1.54, 1.807) is 11.8 Å². The smallest absolute Gasteiger partial charge is 0.330 e. The second-order valence-corrected chi connectivity index (χ2v) is 5.77. The van der Waals surface area contributed by atoms with Gasteiger partial charge in [0.15, 0.2) is 0 Å². The molecule has 0 aromatic rings. The van der Waals surface area contributed by atoms with E-state index in [0.717, 1.165) is 25.0 Å². The molecule has 1 heterocycles. The van der Waals surface area contributed by atoms with Gasteiger partial charge in [0, 0.05) is 11.7 Å². The van der Waals surface area contributed by atoms with Gasteiger partial charge in [-0.2, -0.15) is 11.8 Å². The Hall–Kier alpha value is -0.970. The van der Waals surface area contributed by atoms with E-state index in [9.17, 15) is 14.7 Å². The Balaban J connectivity index is 2.00. The Labute approximate surface area is 105 Å². The molecule has 0 bridgehead atoms. The molecule has 2 N–H and O–H groups in total. The second-order valence-electron chi connectivity index (χ2n) is 4.66. The van der Waals surface area contributed by atoms with Crippen LogP contribution in [-0.4, -0.2) is 34.0 Å². The first-order valence-corrected chi connectivity index (χ1v) is 7.08. The number of aliphatic carboxylic acids is 1. The summed E-state index contributed by atoms with van der Waals surface area (Å²) in [6.07, 6.45) is 7.07. The molecule has 94 valence electrons. The van der Waals surface area contributed by atoms with Gasteiger partial charge in [0.25, 0.3) is 0 Å². The van der Waals surface area contributed by atoms with Crippen LogP contribution < -0.4 is 5.32 Å². The zero-order valence-corrected chi connectivity index (χ0v) is 10.5. The number of allylic oxidation sites excluding steroid dienone is 2. The van der Waals surface area contributed by atoms with Crippen molar-refractivity contribution in [2.45, 2.75) is 31.2 Å². The maximum atomic E-state index is 12.0. The van der Waals surface area contributed by atoms with Crippen molar-refractivity contribution in [1.82, 2.24) is 5.32 Å². The van der Waals surface area contributed by atoms with Gasteiger partial charge in [0.2, 0.25) is 5.91 Å². The minimum absolute atomic E-state index is 0.0539. The quantitative estimate of drug-likeness (QED) is 0.748. The molecule has 0 saturated carbocycles. The number of rotatable bonds is 3. The third-order valence-corrected chi connectivity index (χ3v) is 4.62. The number of hydrogen-bond donors (Lipinski definition) is 2. The molecule has 1 saturated heterocycles. The van der Waals surface area contributed by atoms with Crippen LogP contribution >= 0.6 is 11.8 Å². The summed E-state index contributed by atoms with van der Waals surface area (Å²) >= 11 is 1.59. The lowest BCUT2D eigenvalue weighted by Crippen LogP contribution is -2.56. The fourth-order valence-electron chi connectivity index (χ4n) is 2.26. The molecule has 2 atom stereocenters. The SMILES string of the molecule is O=C(N[C@]1(C(=O)O)CCSC1)[C@@H]1CC=CCC1. The summed E-state index contributed by atoms with van der Waals surface area (Å²) in [6.45, 7) is 0. The number of hydrogen-bond acceptors (Lipinski definition) is 3. The average molecular weight is 255 g/mol. The Morgan fingerprint density at radius 1 is 1.41 bits per heavy atom. The van der Waals surface area contributed by atoms with Gasteiger partial charge in [0.05, 0.1) is 0 Å². The molecule has 0 aromatic heterocycles. The van der Waals surface area contributed by atoms with Crippen molar-refractivity contribution < 1.29 is 14.7 Å².